The fourth-order valence-electron chi connectivity index (χ4n) is 4.24. The molecule has 0 aliphatic carbocycles. The Morgan fingerprint density at radius 3 is 1.42 bits per heavy atom. The van der Waals surface area contributed by atoms with E-state index in [-0.39, 0.29) is 0 Å². The van der Waals surface area contributed by atoms with Crippen molar-refractivity contribution >= 4 is 61.6 Å². The van der Waals surface area contributed by atoms with Gasteiger partial charge < -0.3 is 0 Å². The van der Waals surface area contributed by atoms with Gasteiger partial charge in [-0.05, 0) is 0 Å². The number of halogens is 3. The van der Waals surface area contributed by atoms with Crippen molar-refractivity contribution in [1.82, 2.24) is 0 Å². The van der Waals surface area contributed by atoms with Crippen LogP contribution in [0.1, 0.15) is 5.56 Å². The molecule has 4 aromatic carbocycles. The molecule has 0 N–H and O–H groups in total. The van der Waals surface area contributed by atoms with E-state index in [1.165, 1.54) is 0 Å². The number of ether oxygens (including phenoxy) is 1. The van der Waals surface area contributed by atoms with Gasteiger partial charge in [-0.2, -0.15) is 0 Å². The third-order valence-electron chi connectivity index (χ3n) is 5.75. The van der Waals surface area contributed by atoms with Crippen LogP contribution in [0.5, 0.6) is 5.75 Å². The summed E-state index contributed by atoms with van der Waals surface area (Å²) in [6.07, 6.45) is 0. The van der Waals surface area contributed by atoms with Gasteiger partial charge >= 0.3 is 199 Å². The van der Waals surface area contributed by atoms with Crippen LogP contribution in [0, 0.1) is 6.92 Å². The topological polar surface area (TPSA) is 9.23 Å². The number of rotatable bonds is 5. The second-order valence-electron chi connectivity index (χ2n) is 7.36. The summed E-state index contributed by atoms with van der Waals surface area (Å²) in [4.78, 5) is 0. The zero-order valence-electron chi connectivity index (χ0n) is 17.2. The first-order chi connectivity index (χ1) is 14.9. The van der Waals surface area contributed by atoms with Crippen LogP contribution < -0.4 is 26.0 Å². The van der Waals surface area contributed by atoms with Crippen LogP contribution in [0.4, 0.5) is 0 Å². The first-order valence-electron chi connectivity index (χ1n) is 9.86. The molecule has 0 radical (unpaired) electrons. The average molecular weight is 488 g/mol. The Morgan fingerprint density at radius 2 is 1.06 bits per heavy atom. The van der Waals surface area contributed by atoms with E-state index < -0.39 is 5.96 Å². The Hall–Kier alpha value is -2.02. The van der Waals surface area contributed by atoms with Crippen molar-refractivity contribution in [3.63, 3.8) is 0 Å². The number of hydrogen-bond acceptors (Lipinski definition) is 1. The Kier molecular flexibility index (Phi) is 6.08. The first-order valence-corrected chi connectivity index (χ1v) is 13.8. The van der Waals surface area contributed by atoms with E-state index in [2.05, 4.69) is 36.4 Å². The van der Waals surface area contributed by atoms with Gasteiger partial charge in [0.25, 0.3) is 0 Å². The van der Waals surface area contributed by atoms with Crippen molar-refractivity contribution < 1.29 is 4.74 Å². The zero-order valence-corrected chi connectivity index (χ0v) is 20.4. The van der Waals surface area contributed by atoms with Crippen molar-refractivity contribution in [1.29, 1.82) is 0 Å². The van der Waals surface area contributed by atoms with Crippen LogP contribution in [0.25, 0.3) is 0 Å². The van der Waals surface area contributed by atoms with Crippen molar-refractivity contribution in [2.75, 3.05) is 7.11 Å². The molecule has 1 nitrogen and oxygen atoms in total. The van der Waals surface area contributed by atoms with Crippen LogP contribution in [-0.2, 0) is 0 Å². The van der Waals surface area contributed by atoms with Crippen LogP contribution in [-0.4, -0.2) is 7.11 Å². The molecular formula is C26H22Cl3OP. The minimum atomic E-state index is -3.83. The maximum atomic E-state index is 8.20. The minimum absolute atomic E-state index is 0.483. The Labute approximate surface area is 198 Å². The van der Waals surface area contributed by atoms with E-state index in [0.717, 1.165) is 26.8 Å². The molecule has 0 unspecified atom stereocenters. The molecule has 0 aliphatic heterocycles. The molecule has 0 spiro atoms. The van der Waals surface area contributed by atoms with Crippen molar-refractivity contribution in [3.8, 4) is 5.75 Å². The molecule has 0 saturated carbocycles. The molecule has 31 heavy (non-hydrogen) atoms. The van der Waals surface area contributed by atoms with Crippen LogP contribution >= 0.6 is 40.4 Å². The van der Waals surface area contributed by atoms with Gasteiger partial charge in [-0.1, -0.05) is 0 Å². The summed E-state index contributed by atoms with van der Waals surface area (Å²) in [7, 11) is 1.61. The van der Waals surface area contributed by atoms with Crippen LogP contribution in [0.15, 0.2) is 97.1 Å². The predicted octanol–water partition coefficient (Wildman–Crippen LogP) is 6.62. The van der Waals surface area contributed by atoms with Gasteiger partial charge in [0.1, 0.15) is 0 Å². The molecule has 0 aliphatic rings. The summed E-state index contributed by atoms with van der Waals surface area (Å²) in [5.74, 6) is -3.20. The molecule has 4 rings (SSSR count). The van der Waals surface area contributed by atoms with Gasteiger partial charge in [0.15, 0.2) is 0 Å². The van der Waals surface area contributed by atoms with Gasteiger partial charge in [0.2, 0.25) is 0 Å². The molecule has 158 valence electrons. The van der Waals surface area contributed by atoms with E-state index in [4.69, 9.17) is 39.2 Å². The third kappa shape index (κ3) is 3.27. The molecule has 0 atom stereocenters. The quantitative estimate of drug-likeness (QED) is 0.288. The molecule has 0 bridgehead atoms. The molecule has 0 saturated heterocycles. The summed E-state index contributed by atoms with van der Waals surface area (Å²) in [6, 6.07) is 32.2. The SMILES string of the molecule is COc1cc(Cl)c(P(Cl)(c2ccccc2)(c2ccccc2)c2ccccc2)c(Cl)c1C. The monoisotopic (exact) mass is 486 g/mol. The van der Waals surface area contributed by atoms with E-state index in [1.807, 2.05) is 67.6 Å². The molecular weight excluding hydrogens is 466 g/mol. The second kappa shape index (κ2) is 8.49. The summed E-state index contributed by atoms with van der Waals surface area (Å²) in [5.41, 5.74) is 0.806. The average Bonchev–Trinajstić information content (AvgIpc) is 2.83. The van der Waals surface area contributed by atoms with E-state index >= 15 is 0 Å². The van der Waals surface area contributed by atoms with Crippen LogP contribution in [0.3, 0.4) is 0 Å². The fraction of sp³-hybridized carbons (Fsp3) is 0.0769. The zero-order chi connectivity index (χ0) is 22.1. The number of hydrogen-bond donors (Lipinski definition) is 0. The van der Waals surface area contributed by atoms with Crippen molar-refractivity contribution in [3.05, 3.63) is 113 Å². The van der Waals surface area contributed by atoms with Gasteiger partial charge in [0, 0.05) is 0 Å². The van der Waals surface area contributed by atoms with E-state index in [1.54, 1.807) is 7.11 Å². The van der Waals surface area contributed by atoms with Gasteiger partial charge in [-0.15, -0.1) is 0 Å². The number of benzene rings is 4. The Bertz CT molecular complexity index is 1110. The fourth-order valence-corrected chi connectivity index (χ4v) is 12.4. The summed E-state index contributed by atoms with van der Waals surface area (Å²) >= 11 is 22.3. The predicted molar refractivity (Wildman–Crippen MR) is 138 cm³/mol. The third-order valence-corrected chi connectivity index (χ3v) is 14.2. The summed E-state index contributed by atoms with van der Waals surface area (Å²) in [5, 5.41) is 4.66. The first kappa shape index (κ1) is 22.2. The van der Waals surface area contributed by atoms with Crippen LogP contribution in [0.2, 0.25) is 10.0 Å². The Morgan fingerprint density at radius 1 is 0.677 bits per heavy atom. The molecule has 0 amide bonds. The molecule has 5 heteroatoms. The van der Waals surface area contributed by atoms with E-state index in [9.17, 15) is 0 Å². The standard InChI is InChI=1S/C26H22Cl3OP/c1-19-24(30-2)18-23(27)26(25(19)28)31(29,20-12-6-3-7-13-20,21-14-8-4-9-15-21)22-16-10-5-11-17-22/h3-18H,1-2H3. The number of methoxy groups -OCH3 is 1. The Balaban J connectivity index is 2.31. The molecule has 0 fully saturated rings. The van der Waals surface area contributed by atoms with Gasteiger partial charge in [-0.25, -0.2) is 0 Å². The van der Waals surface area contributed by atoms with Gasteiger partial charge in [-0.3, -0.25) is 0 Å². The molecule has 0 aromatic heterocycles. The summed E-state index contributed by atoms with van der Waals surface area (Å²) in [6.45, 7) is 1.93. The van der Waals surface area contributed by atoms with Gasteiger partial charge in [0.05, 0.1) is 0 Å². The van der Waals surface area contributed by atoms with E-state index in [0.29, 0.717) is 15.8 Å². The summed E-state index contributed by atoms with van der Waals surface area (Å²) < 4.78 is 5.53. The maximum absolute atomic E-state index is 8.20. The molecule has 4 aromatic rings. The van der Waals surface area contributed by atoms with Crippen molar-refractivity contribution in [2.45, 2.75) is 6.92 Å². The molecule has 0 heterocycles. The second-order valence-corrected chi connectivity index (χ2v) is 14.2. The normalized spacial score (nSPS) is 12.7. The van der Waals surface area contributed by atoms with Crippen molar-refractivity contribution in [2.24, 2.45) is 0 Å².